The first-order valence-corrected chi connectivity index (χ1v) is 9.91. The molecule has 0 aliphatic carbocycles. The molecule has 1 aliphatic heterocycles. The van der Waals surface area contributed by atoms with E-state index in [1.807, 2.05) is 22.6 Å². The number of carbonyl (C=O) groups is 1. The standard InChI is InChI=1S/C17H16IN5O6/c1-27-11-4-2-10(3-5-11)15(25)28-12-8-14(29-17(12,9-18)21-22-19)23-7-6-13(24)20-16(23)26/h2-7,12,14H,8-9H2,1H3,(H,20,24,26)/t12?,14-,17-/m0/s1. The van der Waals surface area contributed by atoms with Crippen molar-refractivity contribution in [1.29, 1.82) is 0 Å². The molecule has 12 heteroatoms. The van der Waals surface area contributed by atoms with Crippen molar-refractivity contribution in [3.8, 4) is 5.75 Å². The highest BCUT2D eigenvalue weighted by atomic mass is 127. The summed E-state index contributed by atoms with van der Waals surface area (Å²) < 4.78 is 17.8. The minimum atomic E-state index is -1.50. The van der Waals surface area contributed by atoms with Crippen LogP contribution in [0.1, 0.15) is 23.0 Å². The number of methoxy groups -OCH3 is 1. The first-order valence-electron chi connectivity index (χ1n) is 8.39. The van der Waals surface area contributed by atoms with E-state index in [9.17, 15) is 14.4 Å². The molecule has 0 spiro atoms. The molecule has 0 saturated carbocycles. The van der Waals surface area contributed by atoms with Gasteiger partial charge in [0.25, 0.3) is 5.56 Å². The maximum absolute atomic E-state index is 12.6. The second-order valence-corrected chi connectivity index (χ2v) is 6.88. The zero-order valence-electron chi connectivity index (χ0n) is 15.1. The molecular weight excluding hydrogens is 497 g/mol. The number of rotatable bonds is 6. The molecule has 1 unspecified atom stereocenters. The highest BCUT2D eigenvalue weighted by Gasteiger charge is 2.51. The summed E-state index contributed by atoms with van der Waals surface area (Å²) in [4.78, 5) is 40.9. The predicted octanol–water partition coefficient (Wildman–Crippen LogP) is 2.13. The van der Waals surface area contributed by atoms with E-state index >= 15 is 0 Å². The normalized spacial score (nSPS) is 23.2. The van der Waals surface area contributed by atoms with Gasteiger partial charge in [-0.2, -0.15) is 0 Å². The van der Waals surface area contributed by atoms with E-state index in [0.29, 0.717) is 5.75 Å². The average Bonchev–Trinajstić information content (AvgIpc) is 3.06. The molecule has 0 radical (unpaired) electrons. The average molecular weight is 513 g/mol. The maximum Gasteiger partial charge on any atom is 0.338 e. The van der Waals surface area contributed by atoms with E-state index in [1.165, 1.54) is 19.4 Å². The van der Waals surface area contributed by atoms with Crippen molar-refractivity contribution >= 4 is 28.6 Å². The monoisotopic (exact) mass is 513 g/mol. The van der Waals surface area contributed by atoms with Gasteiger partial charge in [0.2, 0.25) is 0 Å². The van der Waals surface area contributed by atoms with Crippen molar-refractivity contribution in [2.24, 2.45) is 5.11 Å². The van der Waals surface area contributed by atoms with E-state index in [2.05, 4.69) is 15.0 Å². The molecule has 2 aromatic rings. The number of carbonyl (C=O) groups excluding carboxylic acids is 1. The van der Waals surface area contributed by atoms with E-state index in [4.69, 9.17) is 19.7 Å². The Morgan fingerprint density at radius 2 is 2.14 bits per heavy atom. The van der Waals surface area contributed by atoms with Gasteiger partial charge in [-0.05, 0) is 29.8 Å². The molecule has 11 nitrogen and oxygen atoms in total. The van der Waals surface area contributed by atoms with Crippen LogP contribution in [-0.2, 0) is 9.47 Å². The van der Waals surface area contributed by atoms with E-state index in [0.717, 1.165) is 4.57 Å². The van der Waals surface area contributed by atoms with Gasteiger partial charge in [-0.15, -0.1) is 0 Å². The number of alkyl halides is 1. The summed E-state index contributed by atoms with van der Waals surface area (Å²) in [5.41, 5.74) is 6.54. The third-order valence-corrected chi connectivity index (χ3v) is 5.49. The van der Waals surface area contributed by atoms with Crippen LogP contribution in [0, 0.1) is 0 Å². The van der Waals surface area contributed by atoms with Gasteiger partial charge in [0.1, 0.15) is 18.1 Å². The second-order valence-electron chi connectivity index (χ2n) is 6.12. The van der Waals surface area contributed by atoms with Gasteiger partial charge in [-0.1, -0.05) is 27.7 Å². The van der Waals surface area contributed by atoms with Crippen molar-refractivity contribution < 1.29 is 19.0 Å². The molecule has 3 atom stereocenters. The Kier molecular flexibility index (Phi) is 6.25. The van der Waals surface area contributed by atoms with Gasteiger partial charge >= 0.3 is 11.7 Å². The Labute approximate surface area is 177 Å². The SMILES string of the molecule is COc1ccc(C(=O)OC2C[C@@H](n3ccc(=O)[nH]c3=O)O[C@]2(CI)N=[N+]=[N-])cc1. The summed E-state index contributed by atoms with van der Waals surface area (Å²) in [6.45, 7) is 0. The summed E-state index contributed by atoms with van der Waals surface area (Å²) >= 11 is 1.95. The molecule has 1 saturated heterocycles. The van der Waals surface area contributed by atoms with Crippen molar-refractivity contribution in [1.82, 2.24) is 9.55 Å². The number of nitrogens with one attached hydrogen (secondary N) is 1. The zero-order valence-corrected chi connectivity index (χ0v) is 17.3. The number of aromatic nitrogens is 2. The first-order chi connectivity index (χ1) is 13.9. The van der Waals surface area contributed by atoms with E-state index in [1.54, 1.807) is 24.3 Å². The van der Waals surface area contributed by atoms with Gasteiger partial charge in [-0.3, -0.25) is 14.3 Å². The quantitative estimate of drug-likeness (QED) is 0.156. The minimum absolute atomic E-state index is 0.0515. The van der Waals surface area contributed by atoms with E-state index in [-0.39, 0.29) is 16.4 Å². The highest BCUT2D eigenvalue weighted by molar-refractivity contribution is 14.1. The smallest absolute Gasteiger partial charge is 0.338 e. The van der Waals surface area contributed by atoms with E-state index < -0.39 is 35.3 Å². The van der Waals surface area contributed by atoms with Crippen molar-refractivity contribution in [3.63, 3.8) is 0 Å². The molecule has 3 rings (SSSR count). The van der Waals surface area contributed by atoms with Gasteiger partial charge in [-0.25, -0.2) is 9.59 Å². The van der Waals surface area contributed by atoms with Crippen LogP contribution in [0.5, 0.6) is 5.75 Å². The molecule has 152 valence electrons. The first kappa shape index (κ1) is 20.9. The van der Waals surface area contributed by atoms with Crippen LogP contribution in [0.3, 0.4) is 0 Å². The van der Waals surface area contributed by atoms with Gasteiger partial charge < -0.3 is 14.2 Å². The molecule has 1 aromatic carbocycles. The Hall–Kier alpha value is -2.83. The summed E-state index contributed by atoms with van der Waals surface area (Å²) in [5, 5.41) is 3.72. The van der Waals surface area contributed by atoms with Crippen molar-refractivity contribution in [2.45, 2.75) is 24.5 Å². The Morgan fingerprint density at radius 1 is 1.41 bits per heavy atom. The number of hydrogen-bond acceptors (Lipinski definition) is 7. The lowest BCUT2D eigenvalue weighted by atomic mass is 10.1. The van der Waals surface area contributed by atoms with Crippen LogP contribution < -0.4 is 16.0 Å². The molecule has 2 heterocycles. The summed E-state index contributed by atoms with van der Waals surface area (Å²) in [6, 6.07) is 7.48. The Morgan fingerprint density at radius 3 is 2.72 bits per heavy atom. The van der Waals surface area contributed by atoms with Crippen LogP contribution in [0.25, 0.3) is 10.4 Å². The number of aromatic amines is 1. The molecule has 1 fully saturated rings. The summed E-state index contributed by atoms with van der Waals surface area (Å²) in [5.74, 6) is -0.0583. The number of hydrogen-bond donors (Lipinski definition) is 1. The second kappa shape index (κ2) is 8.68. The fraction of sp³-hybridized carbons (Fsp3) is 0.353. The number of halogens is 1. The topological polar surface area (TPSA) is 148 Å². The third-order valence-electron chi connectivity index (χ3n) is 4.40. The lowest BCUT2D eigenvalue weighted by Crippen LogP contribution is -2.41. The van der Waals surface area contributed by atoms with Crippen LogP contribution in [0.15, 0.2) is 51.2 Å². The molecule has 1 N–H and O–H groups in total. The maximum atomic E-state index is 12.6. The molecule has 0 bridgehead atoms. The fourth-order valence-corrected chi connectivity index (χ4v) is 3.75. The molecular formula is C17H16IN5O6. The number of nitrogens with zero attached hydrogens (tertiary/aromatic N) is 4. The number of azide groups is 1. The third kappa shape index (κ3) is 4.28. The fourth-order valence-electron chi connectivity index (χ4n) is 2.92. The largest absolute Gasteiger partial charge is 0.497 e. The van der Waals surface area contributed by atoms with Gasteiger partial charge in [0.05, 0.1) is 12.7 Å². The Bertz CT molecular complexity index is 1060. The highest BCUT2D eigenvalue weighted by Crippen LogP contribution is 2.41. The Balaban J connectivity index is 1.89. The van der Waals surface area contributed by atoms with Crippen LogP contribution in [-0.4, -0.2) is 38.9 Å². The predicted molar refractivity (Wildman–Crippen MR) is 109 cm³/mol. The number of esters is 1. The lowest BCUT2D eigenvalue weighted by molar-refractivity contribution is -0.0865. The van der Waals surface area contributed by atoms with Gasteiger partial charge in [0, 0.05) is 28.0 Å². The van der Waals surface area contributed by atoms with Crippen molar-refractivity contribution in [3.05, 3.63) is 73.4 Å². The van der Waals surface area contributed by atoms with Crippen LogP contribution in [0.2, 0.25) is 0 Å². The van der Waals surface area contributed by atoms with Gasteiger partial charge in [0.15, 0.2) is 5.72 Å². The lowest BCUT2D eigenvalue weighted by Gasteiger charge is -2.27. The molecule has 1 aromatic heterocycles. The summed E-state index contributed by atoms with van der Waals surface area (Å²) in [7, 11) is 1.51. The zero-order chi connectivity index (χ0) is 21.0. The number of benzene rings is 1. The number of ether oxygens (including phenoxy) is 3. The number of H-pyrrole nitrogens is 1. The minimum Gasteiger partial charge on any atom is -0.497 e. The molecule has 1 aliphatic rings. The van der Waals surface area contributed by atoms with Crippen LogP contribution in [0.4, 0.5) is 0 Å². The molecule has 29 heavy (non-hydrogen) atoms. The van der Waals surface area contributed by atoms with Crippen molar-refractivity contribution in [2.75, 3.05) is 11.5 Å². The van der Waals surface area contributed by atoms with Crippen LogP contribution >= 0.6 is 22.6 Å². The summed E-state index contributed by atoms with van der Waals surface area (Å²) in [6.07, 6.45) is -0.523. The molecule has 0 amide bonds.